The Hall–Kier alpha value is -1.48. The van der Waals surface area contributed by atoms with Crippen LogP contribution in [0.3, 0.4) is 0 Å². The molecule has 1 aromatic carbocycles. The van der Waals surface area contributed by atoms with Gasteiger partial charge in [-0.1, -0.05) is 0 Å². The van der Waals surface area contributed by atoms with Gasteiger partial charge in [-0.05, 0) is 43.1 Å². The summed E-state index contributed by atoms with van der Waals surface area (Å²) in [7, 11) is 2.02. The van der Waals surface area contributed by atoms with Gasteiger partial charge in [0.25, 0.3) is 0 Å². The van der Waals surface area contributed by atoms with Crippen LogP contribution in [0.1, 0.15) is 11.1 Å². The summed E-state index contributed by atoms with van der Waals surface area (Å²) in [4.78, 5) is 0. The maximum absolute atomic E-state index is 9.57. The molecule has 3 heteroatoms. The molecule has 0 unspecified atom stereocenters. The lowest BCUT2D eigenvalue weighted by atomic mass is 10.1. The van der Waals surface area contributed by atoms with Gasteiger partial charge < -0.3 is 15.4 Å². The standard InChI is InChI=1S/C12H16N2O/c1-8-5-10(15)6-11-9(3-4-13)7-14(2)12(8)11/h5-7,15H,3-4,13H2,1-2H3. The number of fused-ring (bicyclic) bond motifs is 1. The summed E-state index contributed by atoms with van der Waals surface area (Å²) >= 11 is 0. The Labute approximate surface area is 89.1 Å². The first-order valence-electron chi connectivity index (χ1n) is 5.11. The van der Waals surface area contributed by atoms with Crippen molar-refractivity contribution in [2.24, 2.45) is 12.8 Å². The van der Waals surface area contributed by atoms with Gasteiger partial charge >= 0.3 is 0 Å². The van der Waals surface area contributed by atoms with E-state index in [1.54, 1.807) is 6.07 Å². The topological polar surface area (TPSA) is 51.2 Å². The van der Waals surface area contributed by atoms with Gasteiger partial charge in [0.1, 0.15) is 5.75 Å². The number of hydrogen-bond acceptors (Lipinski definition) is 2. The van der Waals surface area contributed by atoms with Crippen molar-refractivity contribution in [2.75, 3.05) is 6.54 Å². The van der Waals surface area contributed by atoms with Gasteiger partial charge in [-0.3, -0.25) is 0 Å². The van der Waals surface area contributed by atoms with Gasteiger partial charge in [-0.15, -0.1) is 0 Å². The highest BCUT2D eigenvalue weighted by Crippen LogP contribution is 2.28. The molecule has 2 aromatic rings. The van der Waals surface area contributed by atoms with Gasteiger partial charge in [0.15, 0.2) is 0 Å². The molecule has 0 aliphatic heterocycles. The van der Waals surface area contributed by atoms with E-state index in [2.05, 4.69) is 10.8 Å². The number of benzene rings is 1. The SMILES string of the molecule is Cc1cc(O)cc2c(CCN)cn(C)c12. The van der Waals surface area contributed by atoms with Crippen LogP contribution < -0.4 is 5.73 Å². The Kier molecular flexibility index (Phi) is 2.40. The summed E-state index contributed by atoms with van der Waals surface area (Å²) in [6, 6.07) is 3.60. The number of hydrogen-bond donors (Lipinski definition) is 2. The van der Waals surface area contributed by atoms with E-state index in [-0.39, 0.29) is 0 Å². The summed E-state index contributed by atoms with van der Waals surface area (Å²) in [5, 5.41) is 10.7. The predicted octanol–water partition coefficient (Wildman–Crippen LogP) is 1.69. The van der Waals surface area contributed by atoms with Crippen molar-refractivity contribution >= 4 is 10.9 Å². The van der Waals surface area contributed by atoms with Crippen molar-refractivity contribution in [1.82, 2.24) is 4.57 Å². The number of aromatic hydroxyl groups is 1. The average molecular weight is 204 g/mol. The molecule has 2 rings (SSSR count). The van der Waals surface area contributed by atoms with E-state index in [4.69, 9.17) is 5.73 Å². The summed E-state index contributed by atoms with van der Waals surface area (Å²) in [5.41, 5.74) is 9.04. The minimum atomic E-state index is 0.324. The molecular weight excluding hydrogens is 188 g/mol. The van der Waals surface area contributed by atoms with Crippen LogP contribution in [-0.4, -0.2) is 16.2 Å². The summed E-state index contributed by atoms with van der Waals surface area (Å²) in [6.45, 7) is 2.64. The van der Waals surface area contributed by atoms with Crippen molar-refractivity contribution in [3.8, 4) is 5.75 Å². The molecule has 0 saturated carbocycles. The smallest absolute Gasteiger partial charge is 0.116 e. The fourth-order valence-electron chi connectivity index (χ4n) is 2.20. The molecule has 0 fully saturated rings. The van der Waals surface area contributed by atoms with Crippen molar-refractivity contribution in [2.45, 2.75) is 13.3 Å². The first kappa shape index (κ1) is 10.1. The number of phenols is 1. The monoisotopic (exact) mass is 204 g/mol. The molecule has 0 amide bonds. The van der Waals surface area contributed by atoms with E-state index >= 15 is 0 Å². The van der Waals surface area contributed by atoms with Crippen molar-refractivity contribution in [3.05, 3.63) is 29.5 Å². The van der Waals surface area contributed by atoms with Crippen molar-refractivity contribution in [1.29, 1.82) is 0 Å². The number of nitrogens with zero attached hydrogens (tertiary/aromatic N) is 1. The molecule has 0 atom stereocenters. The molecule has 0 bridgehead atoms. The van der Waals surface area contributed by atoms with Crippen LogP contribution in [0.5, 0.6) is 5.75 Å². The van der Waals surface area contributed by atoms with Crippen LogP contribution in [0.4, 0.5) is 0 Å². The van der Waals surface area contributed by atoms with E-state index in [9.17, 15) is 5.11 Å². The minimum Gasteiger partial charge on any atom is -0.508 e. The van der Waals surface area contributed by atoms with E-state index in [0.717, 1.165) is 17.4 Å². The van der Waals surface area contributed by atoms with E-state index < -0.39 is 0 Å². The van der Waals surface area contributed by atoms with E-state index in [1.165, 1.54) is 11.1 Å². The molecule has 3 N–H and O–H groups in total. The van der Waals surface area contributed by atoms with E-state index in [0.29, 0.717) is 12.3 Å². The summed E-state index contributed by atoms with van der Waals surface area (Å²) in [5.74, 6) is 0.324. The average Bonchev–Trinajstić information content (AvgIpc) is 2.43. The molecule has 3 nitrogen and oxygen atoms in total. The number of rotatable bonds is 2. The molecule has 0 spiro atoms. The zero-order valence-corrected chi connectivity index (χ0v) is 9.12. The zero-order valence-electron chi connectivity index (χ0n) is 9.12. The summed E-state index contributed by atoms with van der Waals surface area (Å²) in [6.07, 6.45) is 2.93. The fraction of sp³-hybridized carbons (Fsp3) is 0.333. The Bertz CT molecular complexity index is 500. The van der Waals surface area contributed by atoms with Crippen LogP contribution in [-0.2, 0) is 13.5 Å². The lowest BCUT2D eigenvalue weighted by molar-refractivity contribution is 0.475. The normalized spacial score (nSPS) is 11.1. The zero-order chi connectivity index (χ0) is 11.0. The number of aryl methyl sites for hydroxylation is 2. The molecular formula is C12H16N2O. The highest BCUT2D eigenvalue weighted by molar-refractivity contribution is 5.88. The molecule has 0 saturated heterocycles. The van der Waals surface area contributed by atoms with Crippen LogP contribution in [0, 0.1) is 6.92 Å². The Balaban J connectivity index is 2.75. The lowest BCUT2D eigenvalue weighted by Gasteiger charge is -2.02. The van der Waals surface area contributed by atoms with Crippen LogP contribution in [0.15, 0.2) is 18.3 Å². The number of nitrogens with two attached hydrogens (primary N) is 1. The molecule has 0 aliphatic carbocycles. The van der Waals surface area contributed by atoms with Crippen molar-refractivity contribution in [3.63, 3.8) is 0 Å². The molecule has 0 radical (unpaired) electrons. The third-order valence-corrected chi connectivity index (χ3v) is 2.75. The first-order chi connectivity index (χ1) is 7.13. The van der Waals surface area contributed by atoms with Gasteiger partial charge in [-0.2, -0.15) is 0 Å². The molecule has 0 aliphatic rings. The van der Waals surface area contributed by atoms with Crippen LogP contribution >= 0.6 is 0 Å². The quantitative estimate of drug-likeness (QED) is 0.782. The first-order valence-corrected chi connectivity index (χ1v) is 5.11. The lowest BCUT2D eigenvalue weighted by Crippen LogP contribution is -2.01. The maximum atomic E-state index is 9.57. The number of phenolic OH excluding ortho intramolecular Hbond substituents is 1. The molecule has 80 valence electrons. The third-order valence-electron chi connectivity index (χ3n) is 2.75. The molecule has 15 heavy (non-hydrogen) atoms. The number of aromatic nitrogens is 1. The highest BCUT2D eigenvalue weighted by Gasteiger charge is 2.09. The van der Waals surface area contributed by atoms with Crippen LogP contribution in [0.25, 0.3) is 10.9 Å². The van der Waals surface area contributed by atoms with Crippen LogP contribution in [0.2, 0.25) is 0 Å². The largest absolute Gasteiger partial charge is 0.508 e. The second-order valence-corrected chi connectivity index (χ2v) is 3.96. The molecule has 1 aromatic heterocycles. The van der Waals surface area contributed by atoms with Gasteiger partial charge in [-0.25, -0.2) is 0 Å². The second kappa shape index (κ2) is 3.59. The predicted molar refractivity (Wildman–Crippen MR) is 62.1 cm³/mol. The minimum absolute atomic E-state index is 0.324. The Morgan fingerprint density at radius 1 is 1.40 bits per heavy atom. The summed E-state index contributed by atoms with van der Waals surface area (Å²) < 4.78 is 2.09. The van der Waals surface area contributed by atoms with Gasteiger partial charge in [0.05, 0.1) is 5.52 Å². The van der Waals surface area contributed by atoms with Gasteiger partial charge in [0, 0.05) is 18.6 Å². The van der Waals surface area contributed by atoms with Crippen molar-refractivity contribution < 1.29 is 5.11 Å². The Morgan fingerprint density at radius 2 is 2.13 bits per heavy atom. The third kappa shape index (κ3) is 1.59. The van der Waals surface area contributed by atoms with E-state index in [1.807, 2.05) is 20.0 Å². The van der Waals surface area contributed by atoms with Gasteiger partial charge in [0.2, 0.25) is 0 Å². The molecule has 1 heterocycles. The highest BCUT2D eigenvalue weighted by atomic mass is 16.3. The second-order valence-electron chi connectivity index (χ2n) is 3.96. The fourth-order valence-corrected chi connectivity index (χ4v) is 2.20. The Morgan fingerprint density at radius 3 is 2.80 bits per heavy atom. The maximum Gasteiger partial charge on any atom is 0.116 e.